The number of fused-ring (bicyclic) bond motifs is 1. The van der Waals surface area contributed by atoms with Gasteiger partial charge in [0.15, 0.2) is 0 Å². The van der Waals surface area contributed by atoms with Gasteiger partial charge in [0.1, 0.15) is 5.65 Å². The second-order valence-electron chi connectivity index (χ2n) is 3.20. The third kappa shape index (κ3) is 1.85. The van der Waals surface area contributed by atoms with Crippen molar-refractivity contribution in [3.8, 4) is 0 Å². The molecule has 0 N–H and O–H groups in total. The van der Waals surface area contributed by atoms with E-state index in [2.05, 4.69) is 4.98 Å². The summed E-state index contributed by atoms with van der Waals surface area (Å²) in [6.45, 7) is 1.47. The SMILES string of the molecule is C/C(=C/c1ccn2ccnc2c1)[N+](=O)[O-]. The first-order chi connectivity index (χ1) is 7.16. The average molecular weight is 203 g/mol. The normalized spacial score (nSPS) is 11.9. The lowest BCUT2D eigenvalue weighted by molar-refractivity contribution is -0.422. The third-order valence-corrected chi connectivity index (χ3v) is 2.09. The van der Waals surface area contributed by atoms with Crippen LogP contribution in [0.1, 0.15) is 12.5 Å². The maximum atomic E-state index is 10.4. The van der Waals surface area contributed by atoms with E-state index in [-0.39, 0.29) is 5.70 Å². The highest BCUT2D eigenvalue weighted by Crippen LogP contribution is 2.09. The fourth-order valence-electron chi connectivity index (χ4n) is 1.31. The van der Waals surface area contributed by atoms with Gasteiger partial charge in [-0.3, -0.25) is 10.1 Å². The van der Waals surface area contributed by atoms with Crippen LogP contribution in [0.4, 0.5) is 0 Å². The number of nitrogens with zero attached hydrogens (tertiary/aromatic N) is 3. The van der Waals surface area contributed by atoms with Crippen LogP contribution in [-0.2, 0) is 0 Å². The predicted octanol–water partition coefficient (Wildman–Crippen LogP) is 1.97. The summed E-state index contributed by atoms with van der Waals surface area (Å²) in [4.78, 5) is 14.1. The zero-order chi connectivity index (χ0) is 10.8. The zero-order valence-corrected chi connectivity index (χ0v) is 8.12. The Morgan fingerprint density at radius 1 is 1.60 bits per heavy atom. The minimum absolute atomic E-state index is 0.117. The van der Waals surface area contributed by atoms with E-state index in [1.807, 2.05) is 22.9 Å². The van der Waals surface area contributed by atoms with Gasteiger partial charge in [-0.2, -0.15) is 0 Å². The quantitative estimate of drug-likeness (QED) is 0.553. The fourth-order valence-corrected chi connectivity index (χ4v) is 1.31. The van der Waals surface area contributed by atoms with Crippen molar-refractivity contribution in [2.24, 2.45) is 0 Å². The van der Waals surface area contributed by atoms with E-state index in [9.17, 15) is 10.1 Å². The maximum absolute atomic E-state index is 10.4. The molecule has 0 aliphatic carbocycles. The number of aromatic nitrogens is 2. The summed E-state index contributed by atoms with van der Waals surface area (Å²) in [6, 6.07) is 3.61. The van der Waals surface area contributed by atoms with E-state index in [0.717, 1.165) is 11.2 Å². The molecule has 2 rings (SSSR count). The predicted molar refractivity (Wildman–Crippen MR) is 55.8 cm³/mol. The highest BCUT2D eigenvalue weighted by atomic mass is 16.6. The molecule has 15 heavy (non-hydrogen) atoms. The Balaban J connectivity index is 2.44. The highest BCUT2D eigenvalue weighted by molar-refractivity contribution is 5.56. The van der Waals surface area contributed by atoms with E-state index >= 15 is 0 Å². The van der Waals surface area contributed by atoms with E-state index in [1.54, 1.807) is 12.3 Å². The van der Waals surface area contributed by atoms with Crippen molar-refractivity contribution in [2.75, 3.05) is 0 Å². The van der Waals surface area contributed by atoms with Gasteiger partial charge in [0.2, 0.25) is 5.70 Å². The number of hydrogen-bond donors (Lipinski definition) is 0. The molecule has 5 heteroatoms. The zero-order valence-electron chi connectivity index (χ0n) is 8.12. The Labute approximate surface area is 85.8 Å². The molecular formula is C10H9N3O2. The lowest BCUT2D eigenvalue weighted by Gasteiger charge is -1.95. The van der Waals surface area contributed by atoms with Crippen LogP contribution in [0, 0.1) is 10.1 Å². The molecule has 0 fully saturated rings. The van der Waals surface area contributed by atoms with Crippen molar-refractivity contribution >= 4 is 11.7 Å². The molecule has 2 aromatic heterocycles. The second kappa shape index (κ2) is 3.53. The van der Waals surface area contributed by atoms with Crippen LogP contribution in [-0.4, -0.2) is 14.3 Å². The van der Waals surface area contributed by atoms with Gasteiger partial charge in [-0.25, -0.2) is 4.98 Å². The first kappa shape index (κ1) is 9.39. The van der Waals surface area contributed by atoms with Crippen molar-refractivity contribution < 1.29 is 4.92 Å². The Bertz CT molecular complexity index is 542. The van der Waals surface area contributed by atoms with E-state index in [1.165, 1.54) is 13.0 Å². The fraction of sp³-hybridized carbons (Fsp3) is 0.100. The van der Waals surface area contributed by atoms with E-state index < -0.39 is 4.92 Å². The first-order valence-corrected chi connectivity index (χ1v) is 4.42. The average Bonchev–Trinajstić information content (AvgIpc) is 2.64. The molecule has 0 bridgehead atoms. The van der Waals surface area contributed by atoms with Gasteiger partial charge in [-0.05, 0) is 17.7 Å². The molecule has 2 heterocycles. The van der Waals surface area contributed by atoms with Gasteiger partial charge in [0.25, 0.3) is 0 Å². The Morgan fingerprint density at radius 2 is 2.40 bits per heavy atom. The molecule has 76 valence electrons. The summed E-state index contributed by atoms with van der Waals surface area (Å²) in [5, 5.41) is 10.4. The van der Waals surface area contributed by atoms with Crippen LogP contribution < -0.4 is 0 Å². The first-order valence-electron chi connectivity index (χ1n) is 4.42. The molecule has 0 spiro atoms. The lowest BCUT2D eigenvalue weighted by Crippen LogP contribution is -1.93. The largest absolute Gasteiger partial charge is 0.307 e. The summed E-state index contributed by atoms with van der Waals surface area (Å²) in [6.07, 6.45) is 6.85. The number of hydrogen-bond acceptors (Lipinski definition) is 3. The van der Waals surface area contributed by atoms with E-state index in [4.69, 9.17) is 0 Å². The van der Waals surface area contributed by atoms with Crippen LogP contribution >= 0.6 is 0 Å². The lowest BCUT2D eigenvalue weighted by atomic mass is 10.2. The van der Waals surface area contributed by atoms with Crippen molar-refractivity contribution in [1.29, 1.82) is 0 Å². The third-order valence-electron chi connectivity index (χ3n) is 2.09. The second-order valence-corrected chi connectivity index (χ2v) is 3.20. The minimum atomic E-state index is -0.407. The highest BCUT2D eigenvalue weighted by Gasteiger charge is 2.02. The number of rotatable bonds is 2. The van der Waals surface area contributed by atoms with Crippen molar-refractivity contribution in [3.63, 3.8) is 0 Å². The molecule has 0 atom stereocenters. The smallest absolute Gasteiger partial charge is 0.243 e. The number of imidazole rings is 1. The summed E-state index contributed by atoms with van der Waals surface area (Å²) in [7, 11) is 0. The minimum Gasteiger partial charge on any atom is -0.307 e. The standard InChI is InChI=1S/C10H9N3O2/c1-8(13(14)15)6-9-2-4-12-5-3-11-10(12)7-9/h2-7H,1H3/b8-6-. The number of pyridine rings is 1. The van der Waals surface area contributed by atoms with Gasteiger partial charge >= 0.3 is 0 Å². The Hall–Kier alpha value is -2.17. The maximum Gasteiger partial charge on any atom is 0.243 e. The van der Waals surface area contributed by atoms with Gasteiger partial charge in [-0.15, -0.1) is 0 Å². The number of allylic oxidation sites excluding steroid dienone is 1. The number of nitro groups is 1. The van der Waals surface area contributed by atoms with E-state index in [0.29, 0.717) is 0 Å². The van der Waals surface area contributed by atoms with Gasteiger partial charge < -0.3 is 4.40 Å². The molecule has 0 aromatic carbocycles. The monoisotopic (exact) mass is 203 g/mol. The molecule has 0 saturated carbocycles. The molecule has 0 aliphatic rings. The summed E-state index contributed by atoms with van der Waals surface area (Å²) in [5.74, 6) is 0. The van der Waals surface area contributed by atoms with Gasteiger partial charge in [-0.1, -0.05) is 0 Å². The molecule has 0 aliphatic heterocycles. The molecular weight excluding hydrogens is 194 g/mol. The molecule has 0 radical (unpaired) electrons. The van der Waals surface area contributed by atoms with Crippen molar-refractivity contribution in [3.05, 3.63) is 52.1 Å². The van der Waals surface area contributed by atoms with Crippen LogP contribution in [0.3, 0.4) is 0 Å². The molecule has 5 nitrogen and oxygen atoms in total. The Kier molecular flexibility index (Phi) is 2.21. The van der Waals surface area contributed by atoms with Crippen LogP contribution in [0.2, 0.25) is 0 Å². The Morgan fingerprint density at radius 3 is 3.13 bits per heavy atom. The van der Waals surface area contributed by atoms with Crippen molar-refractivity contribution in [2.45, 2.75) is 6.92 Å². The van der Waals surface area contributed by atoms with Crippen molar-refractivity contribution in [1.82, 2.24) is 9.38 Å². The summed E-state index contributed by atoms with van der Waals surface area (Å²) in [5.41, 5.74) is 1.67. The summed E-state index contributed by atoms with van der Waals surface area (Å²) >= 11 is 0. The van der Waals surface area contributed by atoms with Crippen LogP contribution in [0.15, 0.2) is 36.4 Å². The molecule has 0 saturated heterocycles. The summed E-state index contributed by atoms with van der Waals surface area (Å²) < 4.78 is 1.85. The van der Waals surface area contributed by atoms with Crippen LogP contribution in [0.25, 0.3) is 11.7 Å². The van der Waals surface area contributed by atoms with Gasteiger partial charge in [0.05, 0.1) is 4.92 Å². The topological polar surface area (TPSA) is 60.4 Å². The molecule has 0 amide bonds. The molecule has 2 aromatic rings. The van der Waals surface area contributed by atoms with Crippen LogP contribution in [0.5, 0.6) is 0 Å². The van der Waals surface area contributed by atoms with Gasteiger partial charge in [0, 0.05) is 31.6 Å². The molecule has 0 unspecified atom stereocenters.